The third kappa shape index (κ3) is 5.01. The van der Waals surface area contributed by atoms with Crippen molar-refractivity contribution in [2.45, 2.75) is 50.7 Å². The number of aliphatic hydroxyl groups excluding tert-OH is 1. The van der Waals surface area contributed by atoms with Gasteiger partial charge in [-0.05, 0) is 69.3 Å². The molecular weight excluding hydrogens is 466 g/mol. The minimum Gasteiger partial charge on any atom is -0.392 e. The number of benzene rings is 1. The van der Waals surface area contributed by atoms with E-state index in [-0.39, 0.29) is 18.0 Å². The highest BCUT2D eigenvalue weighted by molar-refractivity contribution is 6.34. The Labute approximate surface area is 208 Å². The summed E-state index contributed by atoms with van der Waals surface area (Å²) in [6.07, 6.45) is 5.00. The highest BCUT2D eigenvalue weighted by atomic mass is 35.5. The molecule has 2 fully saturated rings. The molecule has 0 radical (unpaired) electrons. The van der Waals surface area contributed by atoms with Crippen molar-refractivity contribution >= 4 is 34.7 Å². The number of hydrogen-bond donors (Lipinski definition) is 3. The van der Waals surface area contributed by atoms with Gasteiger partial charge in [0.05, 0.1) is 34.6 Å². The van der Waals surface area contributed by atoms with Crippen LogP contribution in [0.25, 0.3) is 5.65 Å². The summed E-state index contributed by atoms with van der Waals surface area (Å²) in [6, 6.07) is 8.21. The molecule has 35 heavy (non-hydrogen) atoms. The van der Waals surface area contributed by atoms with Crippen LogP contribution >= 0.6 is 11.6 Å². The van der Waals surface area contributed by atoms with Crippen molar-refractivity contribution in [3.05, 3.63) is 40.2 Å². The van der Waals surface area contributed by atoms with Crippen LogP contribution in [0.5, 0.6) is 0 Å². The maximum atomic E-state index is 9.69. The maximum Gasteiger partial charge on any atom is 0.247 e. The number of nitrogens with zero attached hydrogens (tertiary/aromatic N) is 7. The number of likely N-dealkylation sites (tertiary alicyclic amines) is 1. The Hall–Kier alpha value is -3.44. The molecule has 1 saturated heterocycles. The molecule has 0 bridgehead atoms. The second-order valence-electron chi connectivity index (χ2n) is 9.28. The van der Waals surface area contributed by atoms with Gasteiger partial charge in [0.2, 0.25) is 5.95 Å². The van der Waals surface area contributed by atoms with E-state index in [4.69, 9.17) is 11.6 Å². The van der Waals surface area contributed by atoms with Crippen LogP contribution in [-0.2, 0) is 0 Å². The van der Waals surface area contributed by atoms with Gasteiger partial charge in [-0.15, -0.1) is 5.10 Å². The lowest BCUT2D eigenvalue weighted by atomic mass is 9.88. The first-order chi connectivity index (χ1) is 16.9. The number of nitrogens with one attached hydrogen (secondary N) is 2. The first-order valence-electron chi connectivity index (χ1n) is 11.8. The summed E-state index contributed by atoms with van der Waals surface area (Å²) in [4.78, 5) is 11.1. The zero-order valence-electron chi connectivity index (χ0n) is 19.4. The maximum absolute atomic E-state index is 9.69. The third-order valence-corrected chi connectivity index (χ3v) is 6.84. The Morgan fingerprint density at radius 1 is 1.20 bits per heavy atom. The number of hydrogen-bond acceptors (Lipinski definition) is 9. The molecule has 3 N–H and O–H groups in total. The van der Waals surface area contributed by atoms with E-state index >= 15 is 0 Å². The van der Waals surface area contributed by atoms with Gasteiger partial charge >= 0.3 is 0 Å². The molecule has 1 aliphatic carbocycles. The van der Waals surface area contributed by atoms with Crippen LogP contribution in [0.15, 0.2) is 18.3 Å². The molecule has 2 aliphatic rings. The molecule has 3 heterocycles. The molecule has 180 valence electrons. The first kappa shape index (κ1) is 23.3. The average molecular weight is 492 g/mol. The second kappa shape index (κ2) is 9.67. The van der Waals surface area contributed by atoms with Gasteiger partial charge in [-0.3, -0.25) is 0 Å². The smallest absolute Gasteiger partial charge is 0.247 e. The van der Waals surface area contributed by atoms with Gasteiger partial charge in [0.25, 0.3) is 0 Å². The summed E-state index contributed by atoms with van der Waals surface area (Å²) in [5.41, 5.74) is 2.74. The molecular formula is C24H26ClN9O. The lowest BCUT2D eigenvalue weighted by molar-refractivity contribution is 0.109. The van der Waals surface area contributed by atoms with E-state index < -0.39 is 0 Å². The van der Waals surface area contributed by atoms with E-state index in [1.54, 1.807) is 13.0 Å². The highest BCUT2D eigenvalue weighted by Gasteiger charge is 2.26. The van der Waals surface area contributed by atoms with E-state index in [1.165, 1.54) is 10.7 Å². The number of nitriles is 2. The van der Waals surface area contributed by atoms with Crippen LogP contribution < -0.4 is 10.6 Å². The summed E-state index contributed by atoms with van der Waals surface area (Å²) in [6.45, 7) is 4.17. The minimum absolute atomic E-state index is 0.205. The second-order valence-corrected chi connectivity index (χ2v) is 9.66. The monoisotopic (exact) mass is 491 g/mol. The molecule has 1 aliphatic heterocycles. The Kier molecular flexibility index (Phi) is 6.44. The van der Waals surface area contributed by atoms with Crippen molar-refractivity contribution < 1.29 is 5.11 Å². The van der Waals surface area contributed by atoms with Gasteiger partial charge in [0.15, 0.2) is 17.2 Å². The van der Waals surface area contributed by atoms with E-state index in [1.807, 2.05) is 6.07 Å². The molecule has 0 spiro atoms. The lowest BCUT2D eigenvalue weighted by Crippen LogP contribution is -2.37. The van der Waals surface area contributed by atoms with Crippen molar-refractivity contribution in [1.82, 2.24) is 24.5 Å². The van der Waals surface area contributed by atoms with Crippen molar-refractivity contribution in [2.75, 3.05) is 30.3 Å². The minimum atomic E-state index is -0.360. The quantitative estimate of drug-likeness (QED) is 0.453. The molecule has 10 nitrogen and oxygen atoms in total. The first-order valence-corrected chi connectivity index (χ1v) is 12.2. The van der Waals surface area contributed by atoms with Crippen molar-refractivity contribution in [1.29, 1.82) is 10.5 Å². The number of halogens is 1. The highest BCUT2D eigenvalue weighted by Crippen LogP contribution is 2.38. The van der Waals surface area contributed by atoms with E-state index in [0.717, 1.165) is 44.3 Å². The summed E-state index contributed by atoms with van der Waals surface area (Å²) in [5, 5.41) is 40.3. The number of β-amino-alcohol motifs (C(OH)–C–C–N with tert-alkyl or cyclic N) is 1. The van der Waals surface area contributed by atoms with E-state index in [9.17, 15) is 15.6 Å². The van der Waals surface area contributed by atoms with Gasteiger partial charge in [-0.1, -0.05) is 11.6 Å². The standard InChI is InChI=1S/C24H26ClN9O/c1-14(35)13-33-6-4-16(5-7-33)19-8-15(10-26)9-20(21(19)25)30-24-31-22(29-17-2-3-17)23-28-12-18(11-27)34(23)32-24/h8-9,12,14,16-17,35H,2-7,13H2,1H3,(H2,29,30,31,32)/t14-/m0/s1. The normalized spacial score (nSPS) is 17.6. The zero-order valence-corrected chi connectivity index (χ0v) is 20.1. The van der Waals surface area contributed by atoms with Crippen molar-refractivity contribution in [3.8, 4) is 12.1 Å². The molecule has 1 aromatic carbocycles. The third-order valence-electron chi connectivity index (χ3n) is 6.42. The summed E-state index contributed by atoms with van der Waals surface area (Å²) >= 11 is 6.86. The van der Waals surface area contributed by atoms with Gasteiger partial charge in [0.1, 0.15) is 6.07 Å². The summed E-state index contributed by atoms with van der Waals surface area (Å²) in [5.74, 6) is 1.01. The number of aliphatic hydroxyl groups is 1. The summed E-state index contributed by atoms with van der Waals surface area (Å²) < 4.78 is 1.46. The predicted molar refractivity (Wildman–Crippen MR) is 132 cm³/mol. The number of imidazole rings is 1. The molecule has 2 aromatic heterocycles. The molecule has 3 aromatic rings. The SMILES string of the molecule is C[C@H](O)CN1CCC(c2cc(C#N)cc(Nc3nc(NC4CC4)c4ncc(C#N)n4n3)c2Cl)CC1. The fraction of sp³-hybridized carbons (Fsp3) is 0.458. The number of fused-ring (bicyclic) bond motifs is 1. The summed E-state index contributed by atoms with van der Waals surface area (Å²) in [7, 11) is 0. The van der Waals surface area contributed by atoms with E-state index in [0.29, 0.717) is 46.0 Å². The predicted octanol–water partition coefficient (Wildman–Crippen LogP) is 3.40. The number of piperidine rings is 1. The van der Waals surface area contributed by atoms with E-state index in [2.05, 4.69) is 42.7 Å². The molecule has 0 amide bonds. The van der Waals surface area contributed by atoms with Gasteiger partial charge in [-0.25, -0.2) is 4.98 Å². The fourth-order valence-electron chi connectivity index (χ4n) is 4.55. The Bertz CT molecular complexity index is 1330. The van der Waals surface area contributed by atoms with Crippen LogP contribution in [0.3, 0.4) is 0 Å². The number of aromatic nitrogens is 4. The topological polar surface area (TPSA) is 138 Å². The Balaban J connectivity index is 1.46. The number of anilines is 3. The van der Waals surface area contributed by atoms with Crippen LogP contribution in [0.4, 0.5) is 17.5 Å². The molecule has 5 rings (SSSR count). The lowest BCUT2D eigenvalue weighted by Gasteiger charge is -2.33. The largest absolute Gasteiger partial charge is 0.392 e. The van der Waals surface area contributed by atoms with Crippen LogP contribution in [0.1, 0.15) is 55.3 Å². The van der Waals surface area contributed by atoms with Crippen LogP contribution in [-0.4, -0.2) is 61.4 Å². The van der Waals surface area contributed by atoms with Gasteiger partial charge < -0.3 is 20.6 Å². The van der Waals surface area contributed by atoms with Crippen LogP contribution in [0, 0.1) is 22.7 Å². The fourth-order valence-corrected chi connectivity index (χ4v) is 4.86. The molecule has 0 unspecified atom stereocenters. The van der Waals surface area contributed by atoms with Gasteiger partial charge in [0, 0.05) is 12.6 Å². The number of rotatable bonds is 7. The Morgan fingerprint density at radius 2 is 1.97 bits per heavy atom. The molecule has 1 saturated carbocycles. The average Bonchev–Trinajstić information content (AvgIpc) is 3.56. The van der Waals surface area contributed by atoms with Crippen LogP contribution in [0.2, 0.25) is 5.02 Å². The molecule has 1 atom stereocenters. The molecule has 11 heteroatoms. The van der Waals surface area contributed by atoms with Gasteiger partial charge in [-0.2, -0.15) is 20.0 Å². The van der Waals surface area contributed by atoms with Crippen molar-refractivity contribution in [2.24, 2.45) is 0 Å². The van der Waals surface area contributed by atoms with Crippen molar-refractivity contribution in [3.63, 3.8) is 0 Å². The Morgan fingerprint density at radius 3 is 2.63 bits per heavy atom. The zero-order chi connectivity index (χ0) is 24.5.